The number of pyridine rings is 1. The largest absolute Gasteiger partial charge is 0.454 e. The molecule has 7 aromatic heterocycles. The van der Waals surface area contributed by atoms with Crippen LogP contribution in [0.3, 0.4) is 0 Å². The molecule has 9 heterocycles. The summed E-state index contributed by atoms with van der Waals surface area (Å²) >= 11 is 22.1. The van der Waals surface area contributed by atoms with Gasteiger partial charge in [-0.3, -0.25) is 50.0 Å². The van der Waals surface area contributed by atoms with Gasteiger partial charge in [0.15, 0.2) is 43.5 Å². The van der Waals surface area contributed by atoms with Crippen LogP contribution in [-0.2, 0) is 39.2 Å². The van der Waals surface area contributed by atoms with Crippen molar-refractivity contribution in [1.82, 2.24) is 40.0 Å². The Hall–Kier alpha value is -11.8. The molecule has 7 aliphatic rings. The molecule has 0 unspecified atom stereocenters. The fourth-order valence-corrected chi connectivity index (χ4v) is 17.9. The van der Waals surface area contributed by atoms with Gasteiger partial charge in [0, 0.05) is 82.6 Å². The topological polar surface area (TPSA) is 426 Å². The number of nitrogens with zero attached hydrogens (tertiary/aromatic N) is 8. The Bertz CT molecular complexity index is 6190. The Kier molecular flexibility index (Phi) is 27.8. The molecule has 0 radical (unpaired) electrons. The maximum absolute atomic E-state index is 13.1. The molecule has 39 heteroatoms. The van der Waals surface area contributed by atoms with E-state index in [1.807, 2.05) is 62.4 Å². The summed E-state index contributed by atoms with van der Waals surface area (Å²) < 4.78 is 54.8. The fourth-order valence-electron chi connectivity index (χ4n) is 13.7. The lowest BCUT2D eigenvalue weighted by atomic mass is 9.76. The molecule has 13 aromatic rings. The molecule has 29 nitrogen and oxygen atoms in total. The van der Waals surface area contributed by atoms with Gasteiger partial charge in [0.2, 0.25) is 6.79 Å². The number of hydrogen-bond donors (Lipinski definition) is 12. The van der Waals surface area contributed by atoms with Crippen molar-refractivity contribution in [2.24, 2.45) is 4.99 Å². The number of carbonyl (C=O) groups is 6. The van der Waals surface area contributed by atoms with E-state index in [4.69, 9.17) is 48.8 Å². The summed E-state index contributed by atoms with van der Waals surface area (Å²) in [6.07, 6.45) is 19.3. The molecule has 20 rings (SSSR count). The van der Waals surface area contributed by atoms with Crippen LogP contribution in [0.1, 0.15) is 205 Å². The zero-order chi connectivity index (χ0) is 90.2. The van der Waals surface area contributed by atoms with Gasteiger partial charge in [-0.15, -0.1) is 11.3 Å². The summed E-state index contributed by atoms with van der Waals surface area (Å²) in [5.41, 5.74) is 3.05. The van der Waals surface area contributed by atoms with Crippen LogP contribution in [0.15, 0.2) is 179 Å². The van der Waals surface area contributed by atoms with Crippen molar-refractivity contribution in [2.45, 2.75) is 151 Å². The number of rotatable bonds is 18. The minimum absolute atomic E-state index is 0.105. The van der Waals surface area contributed by atoms with E-state index in [1.165, 1.54) is 81.7 Å². The van der Waals surface area contributed by atoms with Gasteiger partial charge in [0.05, 0.1) is 57.7 Å². The van der Waals surface area contributed by atoms with Crippen molar-refractivity contribution in [2.75, 3.05) is 38.7 Å². The lowest BCUT2D eigenvalue weighted by molar-refractivity contribution is -0.110. The van der Waals surface area contributed by atoms with Crippen molar-refractivity contribution in [1.29, 1.82) is 0 Å². The van der Waals surface area contributed by atoms with Gasteiger partial charge in [0.25, 0.3) is 35.4 Å². The van der Waals surface area contributed by atoms with Gasteiger partial charge >= 0.3 is 0 Å². The van der Waals surface area contributed by atoms with Gasteiger partial charge in [-0.25, -0.2) is 48.1 Å². The van der Waals surface area contributed by atoms with E-state index in [0.29, 0.717) is 80.0 Å². The lowest BCUT2D eigenvalue weighted by Crippen LogP contribution is -2.33. The quantitative estimate of drug-likeness (QED) is 0.0379. The summed E-state index contributed by atoms with van der Waals surface area (Å²) in [5.74, 6) is -1.09. The predicted octanol–water partition coefficient (Wildman–Crippen LogP) is 18.8. The normalized spacial score (nSPS) is 16.1. The number of H-pyrrole nitrogens is 1. The second-order valence-electron chi connectivity index (χ2n) is 31.4. The molecule has 662 valence electrons. The molecule has 5 aliphatic carbocycles. The molecular formula is C89H81Cl3F3N15O14S4. The van der Waals surface area contributed by atoms with E-state index in [-0.39, 0.29) is 73.7 Å². The molecule has 6 amide bonds. The Morgan fingerprint density at radius 3 is 1.45 bits per heavy atom. The first kappa shape index (κ1) is 91.0. The Labute approximate surface area is 759 Å². The number of anilines is 6. The first-order valence-corrected chi connectivity index (χ1v) is 44.9. The number of aromatic nitrogens is 8. The summed E-state index contributed by atoms with van der Waals surface area (Å²) in [6, 6.07) is 36.7. The zero-order valence-corrected chi connectivity index (χ0v) is 73.7. The highest BCUT2D eigenvalue weighted by molar-refractivity contribution is 7.16. The number of fused-ring (bicyclic) bond motifs is 3. The third kappa shape index (κ3) is 21.5. The molecular weight excluding hydrogens is 1790 g/mol. The number of imidazole rings is 1. The number of hydrogen-bond acceptors (Lipinski definition) is 26. The molecule has 2 aliphatic heterocycles. The Morgan fingerprint density at radius 1 is 0.477 bits per heavy atom. The lowest BCUT2D eigenvalue weighted by Gasteiger charge is -2.36. The number of halogens is 6. The number of para-hydroxylation sites is 3. The highest BCUT2D eigenvalue weighted by atomic mass is 35.5. The Morgan fingerprint density at radius 2 is 0.969 bits per heavy atom. The number of aliphatic imine (C=N–C) groups is 1. The van der Waals surface area contributed by atoms with Crippen molar-refractivity contribution < 1.29 is 81.5 Å². The van der Waals surface area contributed by atoms with Crippen LogP contribution in [0.5, 0.6) is 11.5 Å². The Balaban J connectivity index is 0.000000118. The highest BCUT2D eigenvalue weighted by Gasteiger charge is 2.42. The van der Waals surface area contributed by atoms with E-state index < -0.39 is 63.2 Å². The van der Waals surface area contributed by atoms with E-state index in [1.54, 1.807) is 66.6 Å². The summed E-state index contributed by atoms with van der Waals surface area (Å²) in [4.78, 5) is 107. The van der Waals surface area contributed by atoms with Crippen molar-refractivity contribution in [3.8, 4) is 11.5 Å². The number of amides is 6. The van der Waals surface area contributed by atoms with Crippen molar-refractivity contribution in [3.05, 3.63) is 268 Å². The van der Waals surface area contributed by atoms with Crippen LogP contribution in [0.4, 0.5) is 50.9 Å². The average molecular weight is 1880 g/mol. The van der Waals surface area contributed by atoms with Crippen LogP contribution in [-0.4, -0.2) is 114 Å². The van der Waals surface area contributed by atoms with E-state index in [9.17, 15) is 67.5 Å². The van der Waals surface area contributed by atoms with Gasteiger partial charge in [-0.2, -0.15) is 0 Å². The number of nitrogens with one attached hydrogen (secondary N) is 7. The van der Waals surface area contributed by atoms with Crippen LogP contribution in [0.25, 0.3) is 11.0 Å². The van der Waals surface area contributed by atoms with E-state index >= 15 is 0 Å². The number of benzene rings is 6. The second kappa shape index (κ2) is 39.0. The molecule has 0 saturated heterocycles. The molecule has 6 aromatic carbocycles. The van der Waals surface area contributed by atoms with Gasteiger partial charge in [-0.1, -0.05) is 124 Å². The van der Waals surface area contributed by atoms with Gasteiger partial charge in [0.1, 0.15) is 57.1 Å². The number of ether oxygens (including phenoxy) is 2. The van der Waals surface area contributed by atoms with Crippen LogP contribution < -0.4 is 41.4 Å². The number of aliphatic hydroxyl groups is 5. The standard InChI is InChI=1S/C16H14ClFN2O2.C16H15N3O2S.C15H14N4O2S.2C14H12ClFN2O2S.C14H14N2O4/c17-12-8-10(2-4-13(12)18)15(21)20-14-5-3-11(9-19-14)16(22)6-1-7-16;20-14(12-8-10-4-1-2-5-11(10)18-12)19-15-17-9-13(22-15)16(21)6-3-7-16;20-13(12-17-9-4-1-2-5-10(9)18-12)19-14-16-8-11(22-14)15(21)6-3-7-15;15-9-6-8(2-3-10(9)16)12(19)18-13-17-11(7-21-13)14(20)4-1-5-14;15-9-6-8(2-3-10(9)16)12(19)18-13-17-7-11(21-13)14(20)4-1-5-14;1-8(2)12-6-10(16-20-12)14(17)15-9-3-4-11-13(5-9)19-7-18-11/h2-5,8-9,22H,1,6-7H2,(H,19,20,21);1-2,4-5,9,21H,3,6-8H2,(H,17,19,20);1-2,4-5,8,21H,3,6-7H2,(H,17,18)(H,16,19,20);2*2-3,6-7,20H,1,4-5H2,(H,17,18,19);3-6,8H,7H2,1-2H3,(H,15,17). The monoisotopic (exact) mass is 1870 g/mol. The van der Waals surface area contributed by atoms with Crippen LogP contribution in [0, 0.1) is 17.5 Å². The average Bonchev–Trinajstić information content (AvgIpc) is 1.61. The fraction of sp³-hybridized carbons (Fsp3) is 0.281. The summed E-state index contributed by atoms with van der Waals surface area (Å²) in [6.45, 7) is 4.15. The molecule has 5 fully saturated rings. The SMILES string of the molecule is CC(C)c1cc(C(=O)Nc2ccc3c(c2)OCO3)no1.O=C(Nc1ccc(C2(O)CCC2)cn1)c1ccc(F)c(Cl)c1.O=C(Nc1nc(C2(O)CCC2)cs1)c1ccc(F)c(Cl)c1.O=C(Nc1ncc(C2(O)CCC2)s1)C1=Nc2ccccc2C1.O=C(Nc1ncc(C2(O)CCC2)s1)c1ccc(F)c(Cl)c1.O=C(Nc1ncc(C2(O)CCC2)s1)c1nc2ccccc2[nH]1. The smallest absolute Gasteiger partial charge is 0.293 e. The number of thiazole rings is 4. The zero-order valence-electron chi connectivity index (χ0n) is 68.2. The molecule has 0 spiro atoms. The second-order valence-corrected chi connectivity index (χ2v) is 36.6. The maximum Gasteiger partial charge on any atom is 0.293 e. The molecule has 0 atom stereocenters. The highest BCUT2D eigenvalue weighted by Crippen LogP contribution is 2.48. The first-order valence-electron chi connectivity index (χ1n) is 40.5. The minimum atomic E-state index is -0.849. The van der Waals surface area contributed by atoms with Crippen LogP contribution >= 0.6 is 80.1 Å². The first-order chi connectivity index (χ1) is 61.3. The third-order valence-corrected chi connectivity index (χ3v) is 27.1. The van der Waals surface area contributed by atoms with Crippen LogP contribution in [0.2, 0.25) is 15.1 Å². The van der Waals surface area contributed by atoms with Crippen molar-refractivity contribution in [3.63, 3.8) is 0 Å². The number of carbonyl (C=O) groups excluding carboxylic acids is 6. The third-order valence-electron chi connectivity index (χ3n) is 22.2. The van der Waals surface area contributed by atoms with Crippen molar-refractivity contribution >= 4 is 170 Å². The molecule has 128 heavy (non-hydrogen) atoms. The predicted molar refractivity (Wildman–Crippen MR) is 481 cm³/mol. The maximum atomic E-state index is 13.1. The summed E-state index contributed by atoms with van der Waals surface area (Å²) in [7, 11) is 0. The van der Waals surface area contributed by atoms with Gasteiger partial charge in [-0.05, 0) is 193 Å². The minimum Gasteiger partial charge on any atom is -0.454 e. The van der Waals surface area contributed by atoms with E-state index in [0.717, 1.165) is 144 Å². The molecule has 0 bridgehead atoms. The number of aromatic amines is 1. The summed E-state index contributed by atoms with van der Waals surface area (Å²) in [5, 5.41) is 74.3. The molecule has 5 saturated carbocycles. The van der Waals surface area contributed by atoms with Gasteiger partial charge < -0.3 is 55.1 Å². The molecule has 12 N–H and O–H groups in total. The van der Waals surface area contributed by atoms with E-state index in [2.05, 4.69) is 76.9 Å².